The van der Waals surface area contributed by atoms with E-state index in [1.54, 1.807) is 41.3 Å². The molecule has 2 aliphatic rings. The molecule has 44 heavy (non-hydrogen) atoms. The molecule has 1 saturated heterocycles. The Hall–Kier alpha value is -3.32. The Morgan fingerprint density at radius 1 is 1.00 bits per heavy atom. The molecule has 0 unspecified atom stereocenters. The number of benzene rings is 3. The van der Waals surface area contributed by atoms with E-state index in [9.17, 15) is 21.6 Å². The van der Waals surface area contributed by atoms with Crippen molar-refractivity contribution in [2.24, 2.45) is 11.7 Å². The van der Waals surface area contributed by atoms with Crippen molar-refractivity contribution in [2.75, 3.05) is 13.5 Å². The fraction of sp³-hybridized carbons (Fsp3) is 0.438. The molecule has 3 aromatic rings. The van der Waals surface area contributed by atoms with Gasteiger partial charge in [-0.3, -0.25) is 0 Å². The largest absolute Gasteiger partial charge is 0.489 e. The van der Waals surface area contributed by atoms with Crippen molar-refractivity contribution in [1.82, 2.24) is 4.90 Å². The number of rotatable bonds is 10. The van der Waals surface area contributed by atoms with E-state index in [0.717, 1.165) is 12.1 Å². The summed E-state index contributed by atoms with van der Waals surface area (Å²) in [4.78, 5) is 0.200. The Labute approximate surface area is 255 Å². The van der Waals surface area contributed by atoms with Crippen LogP contribution in [0.2, 0.25) is 0 Å². The minimum atomic E-state index is -4.45. The molecular weight excluding hydrogens is 597 g/mol. The smallest absolute Gasteiger partial charge is 0.416 e. The van der Waals surface area contributed by atoms with Gasteiger partial charge >= 0.3 is 6.18 Å². The summed E-state index contributed by atoms with van der Waals surface area (Å²) in [6.07, 6.45) is -4.66. The molecule has 0 radical (unpaired) electrons. The molecule has 5 rings (SSSR count). The fourth-order valence-electron chi connectivity index (χ4n) is 6.04. The van der Waals surface area contributed by atoms with Gasteiger partial charge < -0.3 is 24.7 Å². The summed E-state index contributed by atoms with van der Waals surface area (Å²) in [6.45, 7) is 7.51. The molecule has 0 aliphatic carbocycles. The second kappa shape index (κ2) is 11.9. The molecule has 12 heteroatoms. The van der Waals surface area contributed by atoms with Crippen LogP contribution >= 0.6 is 0 Å². The van der Waals surface area contributed by atoms with Crippen LogP contribution in [0.1, 0.15) is 50.8 Å². The van der Waals surface area contributed by atoms with Crippen molar-refractivity contribution in [3.63, 3.8) is 0 Å². The average molecular weight is 635 g/mol. The van der Waals surface area contributed by atoms with Crippen LogP contribution in [0.5, 0.6) is 17.2 Å². The fourth-order valence-corrected chi connectivity index (χ4v) is 8.39. The zero-order valence-electron chi connectivity index (χ0n) is 25.1. The molecule has 2 heterocycles. The summed E-state index contributed by atoms with van der Waals surface area (Å²) in [5.74, 6) is 1.36. The van der Waals surface area contributed by atoms with Crippen molar-refractivity contribution < 1.29 is 40.5 Å². The Kier molecular flexibility index (Phi) is 8.67. The van der Waals surface area contributed by atoms with Gasteiger partial charge in [-0.25, -0.2) is 13.3 Å². The standard InChI is InChI=1S/C32H37F3N2O6S/c1-21(2)14-29-31(37(19-36)30(3,4)43-29,44(38,39)26-12-13-27-28(16-26)42-20-41-27)17-22-8-10-25(11-9-22)40-18-23-6-5-7-24(15-23)32(33,34)35/h5-13,15-16,21,29H,14,17-20,36H2,1-4H3/t29-,31+/m1/s1. The van der Waals surface area contributed by atoms with Crippen LogP contribution in [0, 0.1) is 5.92 Å². The third-order valence-electron chi connectivity index (χ3n) is 8.07. The van der Waals surface area contributed by atoms with Crippen molar-refractivity contribution in [2.45, 2.75) is 74.9 Å². The van der Waals surface area contributed by atoms with Crippen molar-refractivity contribution >= 4 is 9.84 Å². The van der Waals surface area contributed by atoms with E-state index in [4.69, 9.17) is 24.7 Å². The number of halogens is 3. The first-order valence-corrected chi connectivity index (χ1v) is 15.8. The summed E-state index contributed by atoms with van der Waals surface area (Å²) >= 11 is 0. The summed E-state index contributed by atoms with van der Waals surface area (Å²) in [6, 6.07) is 16.4. The summed E-state index contributed by atoms with van der Waals surface area (Å²) in [7, 11) is -4.16. The molecule has 2 aliphatic heterocycles. The van der Waals surface area contributed by atoms with E-state index in [2.05, 4.69) is 0 Å². The molecule has 0 spiro atoms. The van der Waals surface area contributed by atoms with Crippen LogP contribution in [0.15, 0.2) is 71.6 Å². The summed E-state index contributed by atoms with van der Waals surface area (Å²) < 4.78 is 92.2. The van der Waals surface area contributed by atoms with Crippen LogP contribution in [-0.4, -0.2) is 43.5 Å². The predicted molar refractivity (Wildman–Crippen MR) is 158 cm³/mol. The predicted octanol–water partition coefficient (Wildman–Crippen LogP) is 6.13. The van der Waals surface area contributed by atoms with Gasteiger partial charge in [0.15, 0.2) is 16.4 Å². The third kappa shape index (κ3) is 6.00. The minimum absolute atomic E-state index is 0.00715. The molecule has 0 amide bonds. The van der Waals surface area contributed by atoms with Gasteiger partial charge in [0.2, 0.25) is 16.6 Å². The van der Waals surface area contributed by atoms with E-state index >= 15 is 0 Å². The Balaban J connectivity index is 1.49. The molecule has 2 N–H and O–H groups in total. The van der Waals surface area contributed by atoms with Gasteiger partial charge in [-0.15, -0.1) is 0 Å². The molecule has 8 nitrogen and oxygen atoms in total. The van der Waals surface area contributed by atoms with Gasteiger partial charge in [-0.05, 0) is 73.7 Å². The molecular formula is C32H37F3N2O6S. The van der Waals surface area contributed by atoms with Gasteiger partial charge in [0.25, 0.3) is 0 Å². The number of nitrogens with two attached hydrogens (primary N) is 1. The zero-order valence-corrected chi connectivity index (χ0v) is 25.9. The quantitative estimate of drug-likeness (QED) is 0.285. The summed E-state index contributed by atoms with van der Waals surface area (Å²) in [5.41, 5.74) is 5.62. The van der Waals surface area contributed by atoms with E-state index in [1.165, 1.54) is 18.2 Å². The lowest BCUT2D eigenvalue weighted by Crippen LogP contribution is -2.62. The second-order valence-corrected chi connectivity index (χ2v) is 14.1. The van der Waals surface area contributed by atoms with E-state index in [0.29, 0.717) is 34.8 Å². The first-order valence-electron chi connectivity index (χ1n) is 14.3. The number of hydrogen-bond acceptors (Lipinski definition) is 8. The number of sulfone groups is 1. The van der Waals surface area contributed by atoms with Crippen molar-refractivity contribution in [3.8, 4) is 17.2 Å². The van der Waals surface area contributed by atoms with E-state index in [-0.39, 0.29) is 37.3 Å². The maximum Gasteiger partial charge on any atom is 0.416 e. The lowest BCUT2D eigenvalue weighted by molar-refractivity contribution is -0.137. The lowest BCUT2D eigenvalue weighted by Gasteiger charge is -2.42. The molecule has 0 bridgehead atoms. The molecule has 2 atom stereocenters. The second-order valence-electron chi connectivity index (χ2n) is 12.0. The van der Waals surface area contributed by atoms with Crippen molar-refractivity contribution in [3.05, 3.63) is 83.4 Å². The SMILES string of the molecule is CC(C)C[C@H]1OC(C)(C)N(CN)[C@@]1(Cc1ccc(OCc2cccc(C(F)(F)F)c2)cc1)S(=O)(=O)c1ccc2c(c1)OCO2. The Morgan fingerprint density at radius 2 is 1.70 bits per heavy atom. The molecule has 1 fully saturated rings. The average Bonchev–Trinajstić information content (AvgIpc) is 3.51. The first kappa shape index (κ1) is 32.1. The van der Waals surface area contributed by atoms with Crippen LogP contribution in [0.4, 0.5) is 13.2 Å². The Bertz CT molecular complexity index is 1590. The maximum absolute atomic E-state index is 14.9. The van der Waals surface area contributed by atoms with Crippen LogP contribution in [-0.2, 0) is 33.8 Å². The maximum atomic E-state index is 14.9. The number of fused-ring (bicyclic) bond motifs is 1. The number of nitrogens with zero attached hydrogens (tertiary/aromatic N) is 1. The normalized spacial score (nSPS) is 21.6. The number of ether oxygens (including phenoxy) is 4. The number of hydrogen-bond donors (Lipinski definition) is 1. The zero-order chi connectivity index (χ0) is 31.9. The van der Waals surface area contributed by atoms with Crippen molar-refractivity contribution in [1.29, 1.82) is 0 Å². The highest BCUT2D eigenvalue weighted by molar-refractivity contribution is 7.92. The van der Waals surface area contributed by atoms with Gasteiger partial charge in [-0.1, -0.05) is 38.1 Å². The topological polar surface area (TPSA) is 100 Å². The van der Waals surface area contributed by atoms with Gasteiger partial charge in [0.05, 0.1) is 16.6 Å². The monoisotopic (exact) mass is 634 g/mol. The van der Waals surface area contributed by atoms with Gasteiger partial charge in [0, 0.05) is 19.2 Å². The van der Waals surface area contributed by atoms with Crippen LogP contribution in [0.3, 0.4) is 0 Å². The first-order chi connectivity index (χ1) is 20.7. The molecule has 0 aromatic heterocycles. The lowest BCUT2D eigenvalue weighted by atomic mass is 9.93. The molecule has 238 valence electrons. The van der Waals surface area contributed by atoms with Crippen LogP contribution < -0.4 is 19.9 Å². The third-order valence-corrected chi connectivity index (χ3v) is 10.5. The summed E-state index contributed by atoms with van der Waals surface area (Å²) in [5, 5.41) is 0. The van der Waals surface area contributed by atoms with E-state index < -0.39 is 38.3 Å². The molecule has 3 aromatic carbocycles. The molecule has 0 saturated carbocycles. The highest BCUT2D eigenvalue weighted by Gasteiger charge is 2.65. The highest BCUT2D eigenvalue weighted by atomic mass is 32.2. The van der Waals surface area contributed by atoms with Crippen LogP contribution in [0.25, 0.3) is 0 Å². The van der Waals surface area contributed by atoms with Gasteiger partial charge in [-0.2, -0.15) is 13.2 Å². The van der Waals surface area contributed by atoms with E-state index in [1.807, 2.05) is 27.7 Å². The van der Waals surface area contributed by atoms with Gasteiger partial charge in [0.1, 0.15) is 18.1 Å². The Morgan fingerprint density at radius 3 is 2.36 bits per heavy atom. The minimum Gasteiger partial charge on any atom is -0.489 e. The number of alkyl halides is 3. The highest BCUT2D eigenvalue weighted by Crippen LogP contribution is 2.50.